The SMILES string of the molecule is CC(CN)CC(=O)NCCS(C)(=O)=O. The molecule has 0 aromatic carbocycles. The van der Waals surface area contributed by atoms with Gasteiger partial charge in [-0.25, -0.2) is 8.42 Å². The van der Waals surface area contributed by atoms with Crippen LogP contribution in [0.5, 0.6) is 0 Å². The molecular weight excluding hydrogens is 204 g/mol. The first-order chi connectivity index (χ1) is 6.35. The van der Waals surface area contributed by atoms with Crippen molar-refractivity contribution in [3.8, 4) is 0 Å². The summed E-state index contributed by atoms with van der Waals surface area (Å²) in [5.74, 6) is -0.0322. The second-order valence-electron chi connectivity index (χ2n) is 3.52. The third kappa shape index (κ3) is 8.00. The summed E-state index contributed by atoms with van der Waals surface area (Å²) in [4.78, 5) is 11.1. The predicted molar refractivity (Wildman–Crippen MR) is 55.6 cm³/mol. The Morgan fingerprint density at radius 3 is 2.50 bits per heavy atom. The molecule has 0 spiro atoms. The molecule has 0 radical (unpaired) electrons. The molecule has 1 unspecified atom stereocenters. The normalized spacial score (nSPS) is 13.6. The van der Waals surface area contributed by atoms with Crippen molar-refractivity contribution in [2.45, 2.75) is 13.3 Å². The number of hydrogen-bond acceptors (Lipinski definition) is 4. The van der Waals surface area contributed by atoms with Crippen LogP contribution in [-0.2, 0) is 14.6 Å². The molecule has 0 saturated carbocycles. The van der Waals surface area contributed by atoms with Crippen molar-refractivity contribution in [3.05, 3.63) is 0 Å². The van der Waals surface area contributed by atoms with E-state index in [2.05, 4.69) is 5.32 Å². The average molecular weight is 222 g/mol. The summed E-state index contributed by atoms with van der Waals surface area (Å²) in [6.45, 7) is 2.50. The van der Waals surface area contributed by atoms with Gasteiger partial charge in [0.1, 0.15) is 9.84 Å². The van der Waals surface area contributed by atoms with Crippen LogP contribution in [0.2, 0.25) is 0 Å². The second-order valence-corrected chi connectivity index (χ2v) is 5.78. The van der Waals surface area contributed by atoms with Crippen LogP contribution in [0, 0.1) is 5.92 Å². The molecular formula is C8H18N2O3S. The van der Waals surface area contributed by atoms with Crippen molar-refractivity contribution in [2.75, 3.05) is 25.1 Å². The molecule has 0 saturated heterocycles. The summed E-state index contributed by atoms with van der Waals surface area (Å²) in [6.07, 6.45) is 1.49. The highest BCUT2D eigenvalue weighted by atomic mass is 32.2. The van der Waals surface area contributed by atoms with Gasteiger partial charge in [0.15, 0.2) is 0 Å². The van der Waals surface area contributed by atoms with Gasteiger partial charge in [0, 0.05) is 19.2 Å². The van der Waals surface area contributed by atoms with Gasteiger partial charge in [-0.05, 0) is 12.5 Å². The van der Waals surface area contributed by atoms with Gasteiger partial charge in [0.05, 0.1) is 5.75 Å². The molecule has 0 fully saturated rings. The first-order valence-corrected chi connectivity index (χ1v) is 6.55. The number of hydrogen-bond donors (Lipinski definition) is 2. The Labute approximate surface area is 85.0 Å². The number of nitrogens with two attached hydrogens (primary N) is 1. The zero-order chi connectivity index (χ0) is 11.2. The number of rotatable bonds is 6. The minimum atomic E-state index is -2.99. The Morgan fingerprint density at radius 1 is 1.50 bits per heavy atom. The molecule has 0 bridgehead atoms. The monoisotopic (exact) mass is 222 g/mol. The van der Waals surface area contributed by atoms with E-state index in [4.69, 9.17) is 5.73 Å². The van der Waals surface area contributed by atoms with Crippen LogP contribution in [0.3, 0.4) is 0 Å². The Morgan fingerprint density at radius 2 is 2.07 bits per heavy atom. The Hall–Kier alpha value is -0.620. The quantitative estimate of drug-likeness (QED) is 0.611. The van der Waals surface area contributed by atoms with Gasteiger partial charge in [-0.3, -0.25) is 4.79 Å². The van der Waals surface area contributed by atoms with Gasteiger partial charge in [-0.1, -0.05) is 6.92 Å². The van der Waals surface area contributed by atoms with Crippen LogP contribution in [0.4, 0.5) is 0 Å². The minimum Gasteiger partial charge on any atom is -0.355 e. The Kier molecular flexibility index (Phi) is 5.71. The summed E-state index contributed by atoms with van der Waals surface area (Å²) in [5.41, 5.74) is 5.34. The lowest BCUT2D eigenvalue weighted by Crippen LogP contribution is -2.31. The first-order valence-electron chi connectivity index (χ1n) is 4.49. The lowest BCUT2D eigenvalue weighted by atomic mass is 10.1. The molecule has 5 nitrogen and oxygen atoms in total. The van der Waals surface area contributed by atoms with Crippen LogP contribution in [0.15, 0.2) is 0 Å². The molecule has 0 aliphatic carbocycles. The van der Waals surface area contributed by atoms with Crippen LogP contribution in [0.1, 0.15) is 13.3 Å². The van der Waals surface area contributed by atoms with Crippen molar-refractivity contribution >= 4 is 15.7 Å². The lowest BCUT2D eigenvalue weighted by Gasteiger charge is -2.08. The van der Waals surface area contributed by atoms with Crippen molar-refractivity contribution in [1.29, 1.82) is 0 Å². The van der Waals surface area contributed by atoms with Gasteiger partial charge in [-0.15, -0.1) is 0 Å². The fraction of sp³-hybridized carbons (Fsp3) is 0.875. The highest BCUT2D eigenvalue weighted by Crippen LogP contribution is 1.97. The zero-order valence-electron chi connectivity index (χ0n) is 8.62. The zero-order valence-corrected chi connectivity index (χ0v) is 9.43. The lowest BCUT2D eigenvalue weighted by molar-refractivity contribution is -0.121. The molecule has 0 aliphatic rings. The number of carbonyl (C=O) groups excluding carboxylic acids is 1. The summed E-state index contributed by atoms with van der Waals surface area (Å²) >= 11 is 0. The molecule has 0 aromatic heterocycles. The van der Waals surface area contributed by atoms with E-state index in [0.29, 0.717) is 13.0 Å². The maximum absolute atomic E-state index is 11.1. The maximum Gasteiger partial charge on any atom is 0.220 e. The fourth-order valence-corrected chi connectivity index (χ4v) is 1.32. The molecule has 0 aliphatic heterocycles. The molecule has 0 rings (SSSR count). The topological polar surface area (TPSA) is 89.3 Å². The van der Waals surface area contributed by atoms with E-state index in [1.54, 1.807) is 0 Å². The van der Waals surface area contributed by atoms with E-state index >= 15 is 0 Å². The Balaban J connectivity index is 3.65. The van der Waals surface area contributed by atoms with Gasteiger partial charge >= 0.3 is 0 Å². The van der Waals surface area contributed by atoms with Crippen molar-refractivity contribution in [3.63, 3.8) is 0 Å². The molecule has 1 amide bonds. The van der Waals surface area contributed by atoms with E-state index in [1.807, 2.05) is 6.92 Å². The number of amides is 1. The molecule has 84 valence electrons. The maximum atomic E-state index is 11.1. The minimum absolute atomic E-state index is 0.0181. The van der Waals surface area contributed by atoms with Gasteiger partial charge in [-0.2, -0.15) is 0 Å². The standard InChI is InChI=1S/C8H18N2O3S/c1-7(6-9)5-8(11)10-3-4-14(2,12)13/h7H,3-6,9H2,1-2H3,(H,10,11). The summed E-state index contributed by atoms with van der Waals surface area (Å²) < 4.78 is 21.4. The third-order valence-corrected chi connectivity index (χ3v) is 2.68. The third-order valence-electron chi connectivity index (χ3n) is 1.73. The van der Waals surface area contributed by atoms with Crippen LogP contribution < -0.4 is 11.1 Å². The number of carbonyl (C=O) groups is 1. The van der Waals surface area contributed by atoms with Gasteiger partial charge < -0.3 is 11.1 Å². The number of sulfone groups is 1. The van der Waals surface area contributed by atoms with Crippen LogP contribution in [0.25, 0.3) is 0 Å². The second kappa shape index (κ2) is 5.98. The highest BCUT2D eigenvalue weighted by Gasteiger charge is 2.08. The van der Waals surface area contributed by atoms with Crippen LogP contribution in [-0.4, -0.2) is 39.4 Å². The van der Waals surface area contributed by atoms with Crippen molar-refractivity contribution < 1.29 is 13.2 Å². The smallest absolute Gasteiger partial charge is 0.220 e. The average Bonchev–Trinajstić information content (AvgIpc) is 2.01. The molecule has 3 N–H and O–H groups in total. The van der Waals surface area contributed by atoms with E-state index in [1.165, 1.54) is 0 Å². The first kappa shape index (κ1) is 13.4. The molecule has 0 heterocycles. The van der Waals surface area contributed by atoms with Gasteiger partial charge in [0.2, 0.25) is 5.91 Å². The van der Waals surface area contributed by atoms with E-state index in [-0.39, 0.29) is 24.1 Å². The van der Waals surface area contributed by atoms with E-state index in [9.17, 15) is 13.2 Å². The largest absolute Gasteiger partial charge is 0.355 e. The highest BCUT2D eigenvalue weighted by molar-refractivity contribution is 7.90. The van der Waals surface area contributed by atoms with Crippen molar-refractivity contribution in [1.82, 2.24) is 5.32 Å². The number of nitrogens with one attached hydrogen (secondary N) is 1. The summed E-state index contributed by atoms with van der Waals surface area (Å²) in [5, 5.41) is 2.53. The molecule has 0 aromatic rings. The molecule has 6 heteroatoms. The molecule has 1 atom stereocenters. The van der Waals surface area contributed by atoms with E-state index in [0.717, 1.165) is 6.26 Å². The van der Waals surface area contributed by atoms with Crippen LogP contribution >= 0.6 is 0 Å². The molecule has 14 heavy (non-hydrogen) atoms. The van der Waals surface area contributed by atoms with Crippen molar-refractivity contribution in [2.24, 2.45) is 11.7 Å². The summed E-state index contributed by atoms with van der Waals surface area (Å²) in [7, 11) is -2.99. The summed E-state index contributed by atoms with van der Waals surface area (Å²) in [6, 6.07) is 0. The Bertz CT molecular complexity index is 274. The van der Waals surface area contributed by atoms with Gasteiger partial charge in [0.25, 0.3) is 0 Å². The predicted octanol–water partition coefficient (Wildman–Crippen LogP) is -0.868. The fourth-order valence-electron chi connectivity index (χ4n) is 0.848. The van der Waals surface area contributed by atoms with E-state index < -0.39 is 9.84 Å².